The van der Waals surface area contributed by atoms with E-state index in [0.717, 1.165) is 27.7 Å². The number of aryl methyl sites for hydroxylation is 2. The maximum Gasteiger partial charge on any atom is 0.255 e. The SMILES string of the molecule is Cc1nn(C)c2ncc(NC(=O)c3ccc(NS(=O)(=O)/C=C/c4ccccc4)cc3)cc12. The Morgan fingerprint density at radius 2 is 1.75 bits per heavy atom. The maximum atomic E-state index is 12.6. The van der Waals surface area contributed by atoms with Gasteiger partial charge in [-0.3, -0.25) is 14.2 Å². The van der Waals surface area contributed by atoms with Gasteiger partial charge in [-0.15, -0.1) is 0 Å². The van der Waals surface area contributed by atoms with Crippen LogP contribution in [0.4, 0.5) is 11.4 Å². The zero-order valence-electron chi connectivity index (χ0n) is 17.5. The number of hydrogen-bond acceptors (Lipinski definition) is 5. The number of benzene rings is 2. The molecule has 0 bridgehead atoms. The standard InChI is InChI=1S/C23H21N5O3S/c1-16-21-14-20(15-24-22(21)28(2)26-16)25-23(29)18-8-10-19(11-9-18)27-32(30,31)13-12-17-6-4-3-5-7-17/h3-15,27H,1-2H3,(H,25,29)/b13-12+. The van der Waals surface area contributed by atoms with Crippen LogP contribution >= 0.6 is 0 Å². The molecule has 2 aromatic heterocycles. The van der Waals surface area contributed by atoms with E-state index in [0.29, 0.717) is 16.9 Å². The molecule has 0 aliphatic heterocycles. The van der Waals surface area contributed by atoms with Crippen molar-refractivity contribution in [2.45, 2.75) is 6.92 Å². The number of nitrogens with zero attached hydrogens (tertiary/aromatic N) is 3. The van der Waals surface area contributed by atoms with E-state index in [9.17, 15) is 13.2 Å². The van der Waals surface area contributed by atoms with Gasteiger partial charge in [0.25, 0.3) is 15.9 Å². The van der Waals surface area contributed by atoms with Gasteiger partial charge in [0.05, 0.1) is 23.0 Å². The third kappa shape index (κ3) is 4.84. The molecule has 4 aromatic rings. The second-order valence-corrected chi connectivity index (χ2v) is 8.76. The van der Waals surface area contributed by atoms with E-state index in [4.69, 9.17) is 0 Å². The van der Waals surface area contributed by atoms with Crippen LogP contribution in [0.25, 0.3) is 17.1 Å². The van der Waals surface area contributed by atoms with Crippen molar-refractivity contribution in [2.24, 2.45) is 7.05 Å². The lowest BCUT2D eigenvalue weighted by molar-refractivity contribution is 0.102. The maximum absolute atomic E-state index is 12.6. The van der Waals surface area contributed by atoms with Crippen molar-refractivity contribution in [3.05, 3.63) is 89.1 Å². The lowest BCUT2D eigenvalue weighted by atomic mass is 10.2. The number of anilines is 2. The van der Waals surface area contributed by atoms with Crippen molar-refractivity contribution in [3.8, 4) is 0 Å². The molecule has 9 heteroatoms. The first-order chi connectivity index (χ1) is 15.3. The zero-order valence-corrected chi connectivity index (χ0v) is 18.3. The lowest BCUT2D eigenvalue weighted by Gasteiger charge is -2.08. The fourth-order valence-corrected chi connectivity index (χ4v) is 4.07. The first kappa shape index (κ1) is 21.3. The predicted octanol–water partition coefficient (Wildman–Crippen LogP) is 3.94. The van der Waals surface area contributed by atoms with Gasteiger partial charge in [-0.25, -0.2) is 13.4 Å². The van der Waals surface area contributed by atoms with Crippen molar-refractivity contribution in [3.63, 3.8) is 0 Å². The fourth-order valence-electron chi connectivity index (χ4n) is 3.20. The van der Waals surface area contributed by atoms with E-state index in [1.807, 2.05) is 50.4 Å². The van der Waals surface area contributed by atoms with E-state index in [2.05, 4.69) is 20.1 Å². The molecule has 0 unspecified atom stereocenters. The Hall–Kier alpha value is -3.98. The van der Waals surface area contributed by atoms with Crippen molar-refractivity contribution in [1.82, 2.24) is 14.8 Å². The summed E-state index contributed by atoms with van der Waals surface area (Å²) in [6, 6.07) is 17.1. The number of aromatic nitrogens is 3. The Morgan fingerprint density at radius 3 is 2.47 bits per heavy atom. The van der Waals surface area contributed by atoms with Gasteiger partial charge in [0.2, 0.25) is 0 Å². The summed E-state index contributed by atoms with van der Waals surface area (Å²) in [4.78, 5) is 16.9. The molecule has 32 heavy (non-hydrogen) atoms. The number of carbonyl (C=O) groups is 1. The zero-order chi connectivity index (χ0) is 22.7. The van der Waals surface area contributed by atoms with E-state index in [1.54, 1.807) is 23.0 Å². The summed E-state index contributed by atoms with van der Waals surface area (Å²) in [5, 5.41) is 9.09. The monoisotopic (exact) mass is 447 g/mol. The number of nitrogens with one attached hydrogen (secondary N) is 2. The van der Waals surface area contributed by atoms with Gasteiger partial charge in [-0.2, -0.15) is 5.10 Å². The molecule has 1 amide bonds. The number of hydrogen-bond donors (Lipinski definition) is 2. The van der Waals surface area contributed by atoms with Crippen LogP contribution in [0.1, 0.15) is 21.6 Å². The highest BCUT2D eigenvalue weighted by molar-refractivity contribution is 7.95. The molecule has 0 aliphatic rings. The van der Waals surface area contributed by atoms with Gasteiger partial charge in [0.1, 0.15) is 0 Å². The highest BCUT2D eigenvalue weighted by Gasteiger charge is 2.11. The summed E-state index contributed by atoms with van der Waals surface area (Å²) in [5.41, 5.74) is 3.63. The summed E-state index contributed by atoms with van der Waals surface area (Å²) in [6.45, 7) is 1.88. The molecular formula is C23H21N5O3S. The van der Waals surface area contributed by atoms with Crippen LogP contribution in [0.2, 0.25) is 0 Å². The van der Waals surface area contributed by atoms with E-state index >= 15 is 0 Å². The predicted molar refractivity (Wildman–Crippen MR) is 126 cm³/mol. The third-order valence-electron chi connectivity index (χ3n) is 4.77. The van der Waals surface area contributed by atoms with Gasteiger partial charge >= 0.3 is 0 Å². The molecule has 0 radical (unpaired) electrons. The lowest BCUT2D eigenvalue weighted by Crippen LogP contribution is -2.13. The van der Waals surface area contributed by atoms with Gasteiger partial charge in [-0.1, -0.05) is 30.3 Å². The number of rotatable bonds is 6. The third-order valence-corrected chi connectivity index (χ3v) is 5.78. The molecule has 0 fully saturated rings. The smallest absolute Gasteiger partial charge is 0.255 e. The molecule has 8 nitrogen and oxygen atoms in total. The quantitative estimate of drug-likeness (QED) is 0.466. The second-order valence-electron chi connectivity index (χ2n) is 7.20. The van der Waals surface area contributed by atoms with Gasteiger partial charge in [0, 0.05) is 23.7 Å². The Morgan fingerprint density at radius 1 is 1.03 bits per heavy atom. The molecule has 2 N–H and O–H groups in total. The minimum atomic E-state index is -3.68. The van der Waals surface area contributed by atoms with E-state index in [1.165, 1.54) is 18.2 Å². The number of amides is 1. The van der Waals surface area contributed by atoms with Crippen LogP contribution in [0.15, 0.2) is 72.3 Å². The minimum absolute atomic E-state index is 0.328. The van der Waals surface area contributed by atoms with Crippen LogP contribution < -0.4 is 10.0 Å². The van der Waals surface area contributed by atoms with Crippen molar-refractivity contribution in [1.29, 1.82) is 0 Å². The molecular weight excluding hydrogens is 426 g/mol. The summed E-state index contributed by atoms with van der Waals surface area (Å²) in [6.07, 6.45) is 3.09. The van der Waals surface area contributed by atoms with Crippen LogP contribution in [-0.2, 0) is 17.1 Å². The fraction of sp³-hybridized carbons (Fsp3) is 0.0870. The molecule has 0 aliphatic carbocycles. The summed E-state index contributed by atoms with van der Waals surface area (Å²) in [7, 11) is -1.87. The average molecular weight is 448 g/mol. The van der Waals surface area contributed by atoms with Crippen LogP contribution in [0.3, 0.4) is 0 Å². The van der Waals surface area contributed by atoms with Gasteiger partial charge < -0.3 is 5.32 Å². The van der Waals surface area contributed by atoms with E-state index in [-0.39, 0.29) is 5.91 Å². The topological polar surface area (TPSA) is 106 Å². The Kier molecular flexibility index (Phi) is 5.74. The van der Waals surface area contributed by atoms with Gasteiger partial charge in [-0.05, 0) is 48.9 Å². The van der Waals surface area contributed by atoms with E-state index < -0.39 is 10.0 Å². The van der Waals surface area contributed by atoms with Crippen LogP contribution in [0.5, 0.6) is 0 Å². The van der Waals surface area contributed by atoms with Crippen LogP contribution in [-0.4, -0.2) is 29.1 Å². The number of carbonyl (C=O) groups excluding carboxylic acids is 1. The molecule has 4 rings (SSSR count). The number of sulfonamides is 1. The first-order valence-electron chi connectivity index (χ1n) is 9.77. The summed E-state index contributed by atoms with van der Waals surface area (Å²) < 4.78 is 28.7. The van der Waals surface area contributed by atoms with Crippen molar-refractivity contribution >= 4 is 44.4 Å². The molecule has 0 saturated heterocycles. The highest BCUT2D eigenvalue weighted by atomic mass is 32.2. The molecule has 2 aromatic carbocycles. The van der Waals surface area contributed by atoms with Crippen molar-refractivity contribution in [2.75, 3.05) is 10.0 Å². The molecule has 0 spiro atoms. The largest absolute Gasteiger partial charge is 0.321 e. The molecule has 162 valence electrons. The normalized spacial score (nSPS) is 11.7. The minimum Gasteiger partial charge on any atom is -0.321 e. The molecule has 0 atom stereocenters. The first-order valence-corrected chi connectivity index (χ1v) is 11.3. The number of fused-ring (bicyclic) bond motifs is 1. The summed E-state index contributed by atoms with van der Waals surface area (Å²) in [5.74, 6) is -0.328. The highest BCUT2D eigenvalue weighted by Crippen LogP contribution is 2.20. The molecule has 2 heterocycles. The number of pyridine rings is 1. The average Bonchev–Trinajstić information content (AvgIpc) is 3.06. The Bertz CT molecular complexity index is 1410. The summed E-state index contributed by atoms with van der Waals surface area (Å²) >= 11 is 0. The Labute approximate surface area is 185 Å². The Balaban J connectivity index is 1.43. The van der Waals surface area contributed by atoms with Crippen LogP contribution in [0, 0.1) is 6.92 Å². The second kappa shape index (κ2) is 8.64. The van der Waals surface area contributed by atoms with Crippen molar-refractivity contribution < 1.29 is 13.2 Å². The van der Waals surface area contributed by atoms with Gasteiger partial charge in [0.15, 0.2) is 5.65 Å². The molecule has 0 saturated carbocycles.